The average molecular weight is 294 g/mol. The summed E-state index contributed by atoms with van der Waals surface area (Å²) in [7, 11) is 0. The standard InChI is InChI=1S/C12H8ClN3O2S/c13-10-3-6(4-11(17)16-10)14-12(18)8-5-9-7(15-8)1-2-19-9/h1-5,15H,(H2,14,16,17,18). The van der Waals surface area contributed by atoms with Gasteiger partial charge in [0, 0.05) is 11.8 Å². The number of carbonyl (C=O) groups is 1. The first-order chi connectivity index (χ1) is 9.11. The summed E-state index contributed by atoms with van der Waals surface area (Å²) in [5.41, 5.74) is 1.35. The molecule has 19 heavy (non-hydrogen) atoms. The first-order valence-electron chi connectivity index (χ1n) is 5.39. The van der Waals surface area contributed by atoms with E-state index >= 15 is 0 Å². The Morgan fingerprint density at radius 3 is 2.84 bits per heavy atom. The maximum Gasteiger partial charge on any atom is 0.272 e. The number of nitrogens with one attached hydrogen (secondary N) is 3. The summed E-state index contributed by atoms with van der Waals surface area (Å²) in [5.74, 6) is -0.315. The highest BCUT2D eigenvalue weighted by Gasteiger charge is 2.11. The zero-order valence-corrected chi connectivity index (χ0v) is 11.1. The van der Waals surface area contributed by atoms with E-state index in [1.54, 1.807) is 17.4 Å². The average Bonchev–Trinajstić information content (AvgIpc) is 2.86. The molecule has 3 rings (SSSR count). The van der Waals surface area contributed by atoms with Crippen molar-refractivity contribution in [3.05, 3.63) is 50.8 Å². The molecule has 0 bridgehead atoms. The highest BCUT2D eigenvalue weighted by molar-refractivity contribution is 7.17. The van der Waals surface area contributed by atoms with Gasteiger partial charge in [-0.05, 0) is 23.6 Å². The van der Waals surface area contributed by atoms with Crippen LogP contribution in [0.15, 0.2) is 34.4 Å². The van der Waals surface area contributed by atoms with Gasteiger partial charge in [-0.3, -0.25) is 9.59 Å². The SMILES string of the molecule is O=C(Nc1cc(Cl)[nH]c(=O)c1)c1cc2sccc2[nH]1. The van der Waals surface area contributed by atoms with Crippen LogP contribution in [-0.4, -0.2) is 15.9 Å². The Morgan fingerprint density at radius 1 is 1.26 bits per heavy atom. The molecule has 7 heteroatoms. The van der Waals surface area contributed by atoms with Crippen molar-refractivity contribution in [2.75, 3.05) is 5.32 Å². The number of thiophene rings is 1. The number of hydrogen-bond donors (Lipinski definition) is 3. The van der Waals surface area contributed by atoms with Gasteiger partial charge in [-0.25, -0.2) is 0 Å². The number of anilines is 1. The van der Waals surface area contributed by atoms with Crippen LogP contribution in [0.2, 0.25) is 5.15 Å². The van der Waals surface area contributed by atoms with Crippen molar-refractivity contribution in [2.24, 2.45) is 0 Å². The monoisotopic (exact) mass is 293 g/mol. The Kier molecular flexibility index (Phi) is 2.88. The molecule has 0 aromatic carbocycles. The minimum Gasteiger partial charge on any atom is -0.350 e. The molecule has 0 aliphatic rings. The molecule has 0 saturated carbocycles. The molecule has 1 amide bonds. The molecule has 0 radical (unpaired) electrons. The van der Waals surface area contributed by atoms with Crippen LogP contribution in [0, 0.1) is 0 Å². The van der Waals surface area contributed by atoms with Crippen LogP contribution in [0.1, 0.15) is 10.5 Å². The van der Waals surface area contributed by atoms with Gasteiger partial charge >= 0.3 is 0 Å². The van der Waals surface area contributed by atoms with E-state index in [9.17, 15) is 9.59 Å². The molecule has 0 aliphatic heterocycles. The van der Waals surface area contributed by atoms with E-state index in [1.807, 2.05) is 11.4 Å². The van der Waals surface area contributed by atoms with Gasteiger partial charge in [0.2, 0.25) is 0 Å². The van der Waals surface area contributed by atoms with E-state index in [4.69, 9.17) is 11.6 Å². The Bertz CT molecular complexity index is 789. The van der Waals surface area contributed by atoms with Crippen LogP contribution < -0.4 is 10.9 Å². The topological polar surface area (TPSA) is 77.8 Å². The predicted octanol–water partition coefficient (Wildman–Crippen LogP) is 2.82. The van der Waals surface area contributed by atoms with Crippen LogP contribution >= 0.6 is 22.9 Å². The fourth-order valence-electron chi connectivity index (χ4n) is 1.75. The van der Waals surface area contributed by atoms with Gasteiger partial charge in [0.05, 0.1) is 10.2 Å². The third-order valence-corrected chi connectivity index (χ3v) is 3.62. The van der Waals surface area contributed by atoms with Crippen LogP contribution in [0.3, 0.4) is 0 Å². The van der Waals surface area contributed by atoms with Crippen LogP contribution in [0.4, 0.5) is 5.69 Å². The number of aromatic nitrogens is 2. The molecular formula is C12H8ClN3O2S. The number of fused-ring (bicyclic) bond motifs is 1. The van der Waals surface area contributed by atoms with E-state index in [-0.39, 0.29) is 16.6 Å². The molecule has 3 N–H and O–H groups in total. The number of carbonyl (C=O) groups excluding carboxylic acids is 1. The second kappa shape index (κ2) is 4.56. The number of amides is 1. The van der Waals surface area contributed by atoms with Gasteiger partial charge < -0.3 is 15.3 Å². The Balaban J connectivity index is 1.88. The van der Waals surface area contributed by atoms with Crippen molar-refractivity contribution in [3.8, 4) is 0 Å². The quantitative estimate of drug-likeness (QED) is 0.635. The van der Waals surface area contributed by atoms with Gasteiger partial charge in [-0.1, -0.05) is 11.6 Å². The first-order valence-corrected chi connectivity index (χ1v) is 6.65. The number of hydrogen-bond acceptors (Lipinski definition) is 3. The highest BCUT2D eigenvalue weighted by Crippen LogP contribution is 2.21. The summed E-state index contributed by atoms with van der Waals surface area (Å²) in [6.07, 6.45) is 0. The lowest BCUT2D eigenvalue weighted by molar-refractivity contribution is 0.102. The van der Waals surface area contributed by atoms with Crippen molar-refractivity contribution < 1.29 is 4.79 Å². The highest BCUT2D eigenvalue weighted by atomic mass is 35.5. The number of halogens is 1. The summed E-state index contributed by atoms with van der Waals surface area (Å²) < 4.78 is 1.01. The Morgan fingerprint density at radius 2 is 2.11 bits per heavy atom. The largest absolute Gasteiger partial charge is 0.350 e. The summed E-state index contributed by atoms with van der Waals surface area (Å²) in [6, 6.07) is 6.42. The van der Waals surface area contributed by atoms with E-state index in [1.165, 1.54) is 12.1 Å². The summed E-state index contributed by atoms with van der Waals surface area (Å²) in [5, 5.41) is 4.74. The molecule has 0 aliphatic carbocycles. The number of rotatable bonds is 2. The molecule has 5 nitrogen and oxygen atoms in total. The second-order valence-electron chi connectivity index (χ2n) is 3.92. The lowest BCUT2D eigenvalue weighted by Gasteiger charge is -2.03. The number of H-pyrrole nitrogens is 2. The van der Waals surface area contributed by atoms with E-state index in [0.29, 0.717) is 11.4 Å². The molecule has 3 heterocycles. The summed E-state index contributed by atoms with van der Waals surface area (Å²) in [6.45, 7) is 0. The normalized spacial score (nSPS) is 10.8. The van der Waals surface area contributed by atoms with Gasteiger partial charge in [-0.15, -0.1) is 11.3 Å². The van der Waals surface area contributed by atoms with Crippen molar-refractivity contribution in [1.29, 1.82) is 0 Å². The zero-order chi connectivity index (χ0) is 13.4. The number of aromatic amines is 2. The maximum atomic E-state index is 12.0. The van der Waals surface area contributed by atoms with Gasteiger partial charge in [0.1, 0.15) is 10.8 Å². The summed E-state index contributed by atoms with van der Waals surface area (Å²) >= 11 is 7.26. The van der Waals surface area contributed by atoms with E-state index in [2.05, 4.69) is 15.3 Å². The lowest BCUT2D eigenvalue weighted by Crippen LogP contribution is -2.15. The number of pyridine rings is 1. The molecule has 3 aromatic heterocycles. The fourth-order valence-corrected chi connectivity index (χ4v) is 2.74. The van der Waals surface area contributed by atoms with E-state index < -0.39 is 0 Å². The van der Waals surface area contributed by atoms with E-state index in [0.717, 1.165) is 10.2 Å². The zero-order valence-electron chi connectivity index (χ0n) is 9.49. The minimum absolute atomic E-state index is 0.176. The molecule has 3 aromatic rings. The molecule has 0 saturated heterocycles. The van der Waals surface area contributed by atoms with Gasteiger partial charge in [-0.2, -0.15) is 0 Å². The third-order valence-electron chi connectivity index (χ3n) is 2.55. The molecule has 0 spiro atoms. The molecular weight excluding hydrogens is 286 g/mol. The van der Waals surface area contributed by atoms with Crippen LogP contribution in [0.25, 0.3) is 10.2 Å². The molecule has 96 valence electrons. The predicted molar refractivity (Wildman–Crippen MR) is 76.2 cm³/mol. The molecule has 0 unspecified atom stereocenters. The van der Waals surface area contributed by atoms with Crippen molar-refractivity contribution in [3.63, 3.8) is 0 Å². The lowest BCUT2D eigenvalue weighted by atomic mass is 10.3. The smallest absolute Gasteiger partial charge is 0.272 e. The third kappa shape index (κ3) is 2.40. The molecule has 0 fully saturated rings. The Hall–Kier alpha value is -2.05. The van der Waals surface area contributed by atoms with Crippen LogP contribution in [-0.2, 0) is 0 Å². The van der Waals surface area contributed by atoms with Crippen molar-refractivity contribution in [1.82, 2.24) is 9.97 Å². The fraction of sp³-hybridized carbons (Fsp3) is 0. The van der Waals surface area contributed by atoms with Crippen LogP contribution in [0.5, 0.6) is 0 Å². The first kappa shape index (κ1) is 12.0. The molecule has 0 atom stereocenters. The minimum atomic E-state index is -0.365. The van der Waals surface area contributed by atoms with Crippen molar-refractivity contribution >= 4 is 44.7 Å². The van der Waals surface area contributed by atoms with Crippen molar-refractivity contribution in [2.45, 2.75) is 0 Å². The summed E-state index contributed by atoms with van der Waals surface area (Å²) in [4.78, 5) is 28.6. The Labute approximate surface area is 116 Å². The second-order valence-corrected chi connectivity index (χ2v) is 5.27. The maximum absolute atomic E-state index is 12.0. The van der Waals surface area contributed by atoms with Gasteiger partial charge in [0.25, 0.3) is 11.5 Å². The van der Waals surface area contributed by atoms with Gasteiger partial charge in [0.15, 0.2) is 0 Å².